The summed E-state index contributed by atoms with van der Waals surface area (Å²) in [7, 11) is 0. The Labute approximate surface area is 125 Å². The van der Waals surface area contributed by atoms with Crippen molar-refractivity contribution in [1.29, 1.82) is 0 Å². The molecule has 1 saturated heterocycles. The molecule has 0 saturated carbocycles. The first-order valence-electron chi connectivity index (χ1n) is 6.46. The van der Waals surface area contributed by atoms with Gasteiger partial charge in [0.15, 0.2) is 6.73 Å². The van der Waals surface area contributed by atoms with Crippen LogP contribution in [0.25, 0.3) is 5.53 Å². The second-order valence-corrected chi connectivity index (χ2v) is 4.53. The largest absolute Gasteiger partial charge is 0.444 e. The van der Waals surface area contributed by atoms with Crippen LogP contribution in [-0.2, 0) is 25.7 Å². The average molecular weight is 303 g/mol. The maximum atomic E-state index is 12.0. The van der Waals surface area contributed by atoms with Crippen LogP contribution in [0.1, 0.15) is 12.0 Å². The molecule has 0 spiro atoms. The topological polar surface area (TPSA) is 109 Å². The second kappa shape index (κ2) is 7.14. The van der Waals surface area contributed by atoms with E-state index < -0.39 is 23.9 Å². The van der Waals surface area contributed by atoms with E-state index in [1.165, 1.54) is 0 Å². The predicted octanol–water partition coefficient (Wildman–Crippen LogP) is 0.768. The maximum Gasteiger partial charge on any atom is 0.413 e. The van der Waals surface area contributed by atoms with Gasteiger partial charge in [0, 0.05) is 6.42 Å². The van der Waals surface area contributed by atoms with Crippen LogP contribution >= 0.6 is 0 Å². The van der Waals surface area contributed by atoms with Gasteiger partial charge in [0.25, 0.3) is 0 Å². The molecule has 1 aliphatic heterocycles. The zero-order valence-corrected chi connectivity index (χ0v) is 11.5. The minimum absolute atomic E-state index is 0.0448. The smallest absolute Gasteiger partial charge is 0.413 e. The number of Topliss-reactive ketones (excluding diaryl/α,β-unsaturated/α-hetero) is 1. The number of hydrogen-bond acceptors (Lipinski definition) is 5. The first-order valence-corrected chi connectivity index (χ1v) is 6.46. The van der Waals surface area contributed by atoms with Crippen LogP contribution in [-0.4, -0.2) is 46.5 Å². The normalized spacial score (nSPS) is 16.6. The third kappa shape index (κ3) is 3.77. The molecule has 8 nitrogen and oxygen atoms in total. The second-order valence-electron chi connectivity index (χ2n) is 4.53. The summed E-state index contributed by atoms with van der Waals surface area (Å²) in [5.74, 6) is -1.30. The van der Waals surface area contributed by atoms with E-state index in [0.29, 0.717) is 6.21 Å². The van der Waals surface area contributed by atoms with Crippen LogP contribution in [0, 0.1) is 0 Å². The molecule has 0 bridgehead atoms. The Morgan fingerprint density at radius 1 is 1.41 bits per heavy atom. The third-order valence-electron chi connectivity index (χ3n) is 3.03. The molecule has 0 radical (unpaired) electrons. The van der Waals surface area contributed by atoms with Crippen molar-refractivity contribution in [3.63, 3.8) is 0 Å². The number of hydrogen-bond donors (Lipinski definition) is 0. The van der Waals surface area contributed by atoms with E-state index in [2.05, 4.69) is 4.79 Å². The zero-order valence-electron chi connectivity index (χ0n) is 11.5. The lowest BCUT2D eigenvalue weighted by molar-refractivity contribution is -0.140. The van der Waals surface area contributed by atoms with Crippen molar-refractivity contribution in [3.05, 3.63) is 41.4 Å². The van der Waals surface area contributed by atoms with E-state index in [-0.39, 0.29) is 19.8 Å². The monoisotopic (exact) mass is 303 g/mol. The molecule has 1 atom stereocenters. The molecule has 22 heavy (non-hydrogen) atoms. The summed E-state index contributed by atoms with van der Waals surface area (Å²) in [6.45, 7) is -0.232. The molecule has 1 heterocycles. The molecule has 1 fully saturated rings. The fourth-order valence-electron chi connectivity index (χ4n) is 1.93. The van der Waals surface area contributed by atoms with Crippen molar-refractivity contribution in [1.82, 2.24) is 4.90 Å². The molecule has 1 aliphatic rings. The molecule has 1 amide bonds. The molecule has 1 aromatic rings. The van der Waals surface area contributed by atoms with Crippen molar-refractivity contribution < 1.29 is 28.6 Å². The van der Waals surface area contributed by atoms with E-state index in [0.717, 1.165) is 10.5 Å². The Morgan fingerprint density at radius 3 is 2.82 bits per heavy atom. The Morgan fingerprint density at radius 2 is 2.14 bits per heavy atom. The lowest BCUT2D eigenvalue weighted by Crippen LogP contribution is -2.40. The zero-order chi connectivity index (χ0) is 15.9. The van der Waals surface area contributed by atoms with Crippen molar-refractivity contribution in [2.24, 2.45) is 0 Å². The van der Waals surface area contributed by atoms with E-state index >= 15 is 0 Å². The van der Waals surface area contributed by atoms with Crippen molar-refractivity contribution >= 4 is 24.1 Å². The molecule has 0 unspecified atom stereocenters. The number of carbonyl (C=O) groups is 3. The van der Waals surface area contributed by atoms with Crippen LogP contribution in [0.4, 0.5) is 4.79 Å². The maximum absolute atomic E-state index is 12.0. The van der Waals surface area contributed by atoms with Gasteiger partial charge in [-0.3, -0.25) is 9.69 Å². The standard InChI is InChI=1S/C14H13N3O5/c15-16-7-11(18)6-12-13(19)22-9-17(12)14(20)21-8-10-4-2-1-3-5-10/h1-5,7,12H,6,8-9H2/t12-/m0/s1. The summed E-state index contributed by atoms with van der Waals surface area (Å²) in [6.07, 6.45) is -0.420. The Balaban J connectivity index is 1.96. The van der Waals surface area contributed by atoms with Gasteiger partial charge < -0.3 is 15.0 Å². The van der Waals surface area contributed by atoms with Gasteiger partial charge >= 0.3 is 18.3 Å². The fourth-order valence-corrected chi connectivity index (χ4v) is 1.93. The molecule has 114 valence electrons. The molecule has 1 aromatic carbocycles. The van der Waals surface area contributed by atoms with Gasteiger partial charge in [0.05, 0.1) is 0 Å². The minimum atomic E-state index is -1.08. The Bertz CT molecular complexity index is 625. The van der Waals surface area contributed by atoms with Gasteiger partial charge in [-0.1, -0.05) is 30.3 Å². The molecule has 0 aliphatic carbocycles. The lowest BCUT2D eigenvalue weighted by Gasteiger charge is -2.18. The average Bonchev–Trinajstić information content (AvgIpc) is 2.87. The third-order valence-corrected chi connectivity index (χ3v) is 3.03. The van der Waals surface area contributed by atoms with Crippen LogP contribution in [0.15, 0.2) is 30.3 Å². The minimum Gasteiger partial charge on any atom is -0.444 e. The summed E-state index contributed by atoms with van der Waals surface area (Å²) in [6, 6.07) is 7.95. The number of ketones is 1. The molecular weight excluding hydrogens is 290 g/mol. The number of ether oxygens (including phenoxy) is 2. The highest BCUT2D eigenvalue weighted by Gasteiger charge is 2.40. The molecule has 2 rings (SSSR count). The summed E-state index contributed by atoms with van der Waals surface area (Å²) in [5.41, 5.74) is 9.08. The van der Waals surface area contributed by atoms with Gasteiger partial charge in [0.1, 0.15) is 12.6 Å². The number of esters is 1. The number of cyclic esters (lactones) is 1. The highest BCUT2D eigenvalue weighted by Crippen LogP contribution is 2.16. The summed E-state index contributed by atoms with van der Waals surface area (Å²) in [4.78, 5) is 38.6. The van der Waals surface area contributed by atoms with E-state index in [9.17, 15) is 14.4 Å². The fraction of sp³-hybridized carbons (Fsp3) is 0.286. The highest BCUT2D eigenvalue weighted by atomic mass is 16.6. The van der Waals surface area contributed by atoms with Crippen LogP contribution in [0.2, 0.25) is 0 Å². The van der Waals surface area contributed by atoms with Gasteiger partial charge in [-0.2, -0.15) is 4.79 Å². The number of amides is 1. The molecule has 0 aromatic heterocycles. The van der Waals surface area contributed by atoms with Crippen LogP contribution in [0.3, 0.4) is 0 Å². The SMILES string of the molecule is [N-]=[N+]=CC(=O)C[C@H]1C(=O)OCN1C(=O)OCc1ccccc1. The first-order chi connectivity index (χ1) is 10.6. The van der Waals surface area contributed by atoms with Crippen molar-refractivity contribution in [2.75, 3.05) is 6.73 Å². The van der Waals surface area contributed by atoms with E-state index in [1.54, 1.807) is 24.3 Å². The van der Waals surface area contributed by atoms with E-state index in [1.807, 2.05) is 6.07 Å². The molecular formula is C14H13N3O5. The van der Waals surface area contributed by atoms with E-state index in [4.69, 9.17) is 15.0 Å². The summed E-state index contributed by atoms with van der Waals surface area (Å²) < 4.78 is 9.85. The van der Waals surface area contributed by atoms with Crippen LogP contribution < -0.4 is 0 Å². The number of rotatable bonds is 5. The first kappa shape index (κ1) is 15.4. The van der Waals surface area contributed by atoms with Crippen molar-refractivity contribution in [3.8, 4) is 0 Å². The number of carbonyl (C=O) groups excluding carboxylic acids is 3. The lowest BCUT2D eigenvalue weighted by atomic mass is 10.1. The van der Waals surface area contributed by atoms with Crippen LogP contribution in [0.5, 0.6) is 0 Å². The summed E-state index contributed by atoms with van der Waals surface area (Å²) in [5, 5.41) is 0. The Kier molecular flexibility index (Phi) is 5.00. The number of nitrogens with zero attached hydrogens (tertiary/aromatic N) is 3. The quantitative estimate of drug-likeness (QED) is 0.345. The summed E-state index contributed by atoms with van der Waals surface area (Å²) >= 11 is 0. The van der Waals surface area contributed by atoms with Gasteiger partial charge in [0.2, 0.25) is 5.78 Å². The van der Waals surface area contributed by atoms with Gasteiger partial charge in [-0.15, -0.1) is 0 Å². The molecule has 0 N–H and O–H groups in total. The highest BCUT2D eigenvalue weighted by molar-refractivity contribution is 6.26. The number of benzene rings is 1. The molecule has 8 heteroatoms. The van der Waals surface area contributed by atoms with Gasteiger partial charge in [-0.25, -0.2) is 9.59 Å². The Hall–Kier alpha value is -2.99. The van der Waals surface area contributed by atoms with Crippen molar-refractivity contribution in [2.45, 2.75) is 19.1 Å². The predicted molar refractivity (Wildman–Crippen MR) is 72.5 cm³/mol. The van der Waals surface area contributed by atoms with Gasteiger partial charge in [-0.05, 0) is 5.56 Å².